The van der Waals surface area contributed by atoms with E-state index in [1.54, 1.807) is 13.2 Å². The van der Waals surface area contributed by atoms with E-state index < -0.39 is 6.10 Å². The number of halogens is 2. The zero-order valence-corrected chi connectivity index (χ0v) is 40.5. The summed E-state index contributed by atoms with van der Waals surface area (Å²) in [5.74, 6) is 4.59. The number of fused-ring (bicyclic) bond motifs is 10. The maximum Gasteiger partial charge on any atom is 0.305 e. The van der Waals surface area contributed by atoms with Crippen LogP contribution in [0.2, 0.25) is 0 Å². The van der Waals surface area contributed by atoms with E-state index in [2.05, 4.69) is 41.5 Å². The first-order chi connectivity index (χ1) is 29.8. The van der Waals surface area contributed by atoms with Crippen LogP contribution < -0.4 is 0 Å². The molecule has 6 fully saturated rings. The van der Waals surface area contributed by atoms with Gasteiger partial charge in [-0.3, -0.25) is 9.59 Å². The van der Waals surface area contributed by atoms with Gasteiger partial charge in [0.25, 0.3) is 0 Å². The predicted molar refractivity (Wildman–Crippen MR) is 240 cm³/mol. The highest BCUT2D eigenvalue weighted by Gasteiger charge is 2.65. The van der Waals surface area contributed by atoms with E-state index in [4.69, 9.17) is 18.9 Å². The third-order valence-electron chi connectivity index (χ3n) is 20.8. The topological polar surface area (TPSA) is 112 Å². The number of allylic oxidation sites excluding steroid dienone is 3. The third-order valence-corrected chi connectivity index (χ3v) is 20.8. The molecule has 10 heteroatoms. The quantitative estimate of drug-likeness (QED) is 0.156. The lowest BCUT2D eigenvalue weighted by Gasteiger charge is -2.62. The fraction of sp³-hybridized carbons (Fsp3) is 0.887. The molecular weight excluding hydrogens is 803 g/mol. The Morgan fingerprint density at radius 2 is 1.17 bits per heavy atom. The lowest BCUT2D eigenvalue weighted by molar-refractivity contribution is -0.189. The van der Waals surface area contributed by atoms with Crippen molar-refractivity contribution >= 4 is 11.9 Å². The normalized spacial score (nSPS) is 47.0. The van der Waals surface area contributed by atoms with Gasteiger partial charge >= 0.3 is 11.9 Å². The molecule has 0 amide bonds. The van der Waals surface area contributed by atoms with Gasteiger partial charge in [0.15, 0.2) is 0 Å². The van der Waals surface area contributed by atoms with Crippen molar-refractivity contribution in [2.24, 2.45) is 98.6 Å². The molecule has 0 spiro atoms. The monoisotopic (exact) mass is 887 g/mol. The van der Waals surface area contributed by atoms with E-state index in [9.17, 15) is 28.6 Å². The Bertz CT molecular complexity index is 1700. The number of aliphatic hydroxyl groups is 2. The van der Waals surface area contributed by atoms with Crippen LogP contribution in [-0.4, -0.2) is 68.6 Å². The molecule has 0 bridgehead atoms. The van der Waals surface area contributed by atoms with Crippen molar-refractivity contribution < 1.29 is 47.5 Å². The van der Waals surface area contributed by atoms with Crippen molar-refractivity contribution in [2.45, 2.75) is 170 Å². The second-order valence-corrected chi connectivity index (χ2v) is 23.4. The molecule has 0 aliphatic heterocycles. The molecule has 358 valence electrons. The van der Waals surface area contributed by atoms with E-state index in [-0.39, 0.29) is 81.1 Å². The van der Waals surface area contributed by atoms with Crippen LogP contribution in [0.4, 0.5) is 8.78 Å². The highest BCUT2D eigenvalue weighted by molar-refractivity contribution is 5.69. The molecule has 2 N–H and O–H groups in total. The van der Waals surface area contributed by atoms with Gasteiger partial charge in [-0.15, -0.1) is 0 Å². The maximum absolute atomic E-state index is 14.9. The van der Waals surface area contributed by atoms with Crippen LogP contribution in [-0.2, 0) is 28.5 Å². The number of hydrogen-bond acceptors (Lipinski definition) is 8. The number of ether oxygens (including phenoxy) is 4. The van der Waals surface area contributed by atoms with Crippen LogP contribution >= 0.6 is 0 Å². The number of rotatable bonds is 11. The highest BCUT2D eigenvalue weighted by atomic mass is 19.1. The first kappa shape index (κ1) is 49.0. The van der Waals surface area contributed by atoms with Gasteiger partial charge in [-0.25, -0.2) is 8.78 Å². The number of esters is 2. The second-order valence-electron chi connectivity index (χ2n) is 23.4. The molecule has 20 atom stereocenters. The van der Waals surface area contributed by atoms with E-state index in [0.717, 1.165) is 57.8 Å². The van der Waals surface area contributed by atoms with Crippen molar-refractivity contribution in [3.05, 3.63) is 23.8 Å². The summed E-state index contributed by atoms with van der Waals surface area (Å²) in [6, 6.07) is 0. The molecule has 6 unspecified atom stereocenters. The molecule has 63 heavy (non-hydrogen) atoms. The van der Waals surface area contributed by atoms with E-state index in [0.29, 0.717) is 85.7 Å². The van der Waals surface area contributed by atoms with E-state index in [1.165, 1.54) is 33.5 Å². The fourth-order valence-corrected chi connectivity index (χ4v) is 17.4. The van der Waals surface area contributed by atoms with Crippen molar-refractivity contribution in [1.29, 1.82) is 0 Å². The average molecular weight is 887 g/mol. The first-order valence-corrected chi connectivity index (χ1v) is 25.1. The maximum atomic E-state index is 14.9. The standard InChI is InChI=1S/C28H45FO4.C25H39FO4/c1-17(7-10-25(30)32-6)20-8-9-21-26-22(11-12-27(20,21)3)28(4)15-23(29)18(2)13-19(28)14-24(26)33-16-31-5;1-14(5-8-22(29)30-4)16-6-7-17-23-18(9-10-24(16,17)2)25(3)13-19(26)20(27)11-15(25)12-21(23)28/h15,17-22,24,26H,7-14,16H2,1-6H3;13-18,20-21,23,27-28H,5-12H2,1-4H3/t17-,18-,19+,20-,21?,22?,24+,26?,27-,28+;14-,15+,16-,17?,18?,20-,21+,23?,24-,25+/m11/s1. The SMILES string of the molecule is COC(=O)CC[C@@H](C)[C@H]1CCC2C3C(CC[C@@]21C)[C@@]1(C)C=C(F)[C@H](O)C[C@H]1C[C@@H]3O.COCO[C@H]1C[C@@H]2C[C@@H](C)C(F)=C[C@]2(C)C2CC[C@@]3(C)C(CC[C@@H]3[C@H](C)CCC(=O)OC)C21. The Morgan fingerprint density at radius 3 is 1.70 bits per heavy atom. The second kappa shape index (κ2) is 19.0. The van der Waals surface area contributed by atoms with Crippen LogP contribution in [0.5, 0.6) is 0 Å². The Balaban J connectivity index is 0.000000190. The zero-order chi connectivity index (χ0) is 45.8. The van der Waals surface area contributed by atoms with Gasteiger partial charge < -0.3 is 29.2 Å². The Kier molecular flexibility index (Phi) is 14.8. The number of aliphatic hydroxyl groups excluding tert-OH is 2. The Labute approximate surface area is 378 Å². The minimum Gasteiger partial charge on any atom is -0.469 e. The van der Waals surface area contributed by atoms with Gasteiger partial charge in [0.05, 0.1) is 32.3 Å². The smallest absolute Gasteiger partial charge is 0.305 e. The molecule has 8 aliphatic rings. The number of carbonyl (C=O) groups excluding carboxylic acids is 2. The largest absolute Gasteiger partial charge is 0.469 e. The first-order valence-electron chi connectivity index (χ1n) is 25.1. The Hall–Kier alpha value is -1.88. The molecule has 8 aliphatic carbocycles. The van der Waals surface area contributed by atoms with E-state index >= 15 is 0 Å². The summed E-state index contributed by atoms with van der Waals surface area (Å²) in [7, 11) is 4.62. The van der Waals surface area contributed by atoms with Gasteiger partial charge in [-0.2, -0.15) is 0 Å². The van der Waals surface area contributed by atoms with Gasteiger partial charge in [-0.1, -0.05) is 48.5 Å². The molecule has 0 saturated heterocycles. The molecule has 0 aromatic carbocycles. The van der Waals surface area contributed by atoms with Crippen LogP contribution in [0.1, 0.15) is 151 Å². The van der Waals surface area contributed by atoms with Gasteiger partial charge in [0.2, 0.25) is 0 Å². The van der Waals surface area contributed by atoms with Crippen molar-refractivity contribution in [2.75, 3.05) is 28.1 Å². The van der Waals surface area contributed by atoms with Gasteiger partial charge in [0, 0.05) is 25.9 Å². The summed E-state index contributed by atoms with van der Waals surface area (Å²) in [4.78, 5) is 23.4. The molecule has 0 aromatic rings. The molecule has 6 saturated carbocycles. The molecule has 8 rings (SSSR count). The number of hydrogen-bond donors (Lipinski definition) is 2. The molecule has 0 heterocycles. The minimum absolute atomic E-state index is 0.0167. The van der Waals surface area contributed by atoms with Crippen LogP contribution in [0, 0.1) is 98.6 Å². The van der Waals surface area contributed by atoms with Crippen molar-refractivity contribution in [3.63, 3.8) is 0 Å². The molecule has 0 radical (unpaired) electrons. The van der Waals surface area contributed by atoms with Gasteiger partial charge in [0.1, 0.15) is 18.7 Å². The summed E-state index contributed by atoms with van der Waals surface area (Å²) in [6.07, 6.45) is 17.4. The summed E-state index contributed by atoms with van der Waals surface area (Å²) < 4.78 is 50.8. The summed E-state index contributed by atoms with van der Waals surface area (Å²) in [6.45, 7) is 16.4. The third kappa shape index (κ3) is 8.78. The molecule has 8 nitrogen and oxygen atoms in total. The van der Waals surface area contributed by atoms with Crippen LogP contribution in [0.3, 0.4) is 0 Å². The van der Waals surface area contributed by atoms with Gasteiger partial charge in [-0.05, 0) is 195 Å². The lowest BCUT2D eigenvalue weighted by atomic mass is 9.44. The zero-order valence-electron chi connectivity index (χ0n) is 40.5. The summed E-state index contributed by atoms with van der Waals surface area (Å²) >= 11 is 0. The summed E-state index contributed by atoms with van der Waals surface area (Å²) in [5.41, 5.74) is 0.0589. The lowest BCUT2D eigenvalue weighted by Crippen LogP contribution is -2.58. The Morgan fingerprint density at radius 1 is 0.683 bits per heavy atom. The minimum atomic E-state index is -1.01. The average Bonchev–Trinajstić information content (AvgIpc) is 3.79. The van der Waals surface area contributed by atoms with Crippen LogP contribution in [0.15, 0.2) is 23.8 Å². The van der Waals surface area contributed by atoms with Crippen LogP contribution in [0.25, 0.3) is 0 Å². The predicted octanol–water partition coefficient (Wildman–Crippen LogP) is 11.2. The summed E-state index contributed by atoms with van der Waals surface area (Å²) in [5, 5.41) is 21.3. The molecule has 0 aromatic heterocycles. The van der Waals surface area contributed by atoms with Crippen molar-refractivity contribution in [1.82, 2.24) is 0 Å². The fourth-order valence-electron chi connectivity index (χ4n) is 17.4. The van der Waals surface area contributed by atoms with E-state index in [1.807, 2.05) is 13.0 Å². The highest BCUT2D eigenvalue weighted by Crippen LogP contribution is 2.70. The molecular formula is C53H84F2O8. The van der Waals surface area contributed by atoms with Crippen molar-refractivity contribution in [3.8, 4) is 0 Å². The number of methoxy groups -OCH3 is 3. The number of carbonyl (C=O) groups is 2.